The fourth-order valence-electron chi connectivity index (χ4n) is 3.88. The van der Waals surface area contributed by atoms with Crippen LogP contribution in [0.2, 0.25) is 0 Å². The minimum atomic E-state index is 0.545. The van der Waals surface area contributed by atoms with Crippen molar-refractivity contribution in [3.8, 4) is 0 Å². The molecule has 1 heterocycles. The molecule has 0 unspecified atom stereocenters. The van der Waals surface area contributed by atoms with E-state index in [9.17, 15) is 0 Å². The maximum atomic E-state index is 4.57. The summed E-state index contributed by atoms with van der Waals surface area (Å²) in [5, 5.41) is 0. The van der Waals surface area contributed by atoms with Gasteiger partial charge in [0.2, 0.25) is 0 Å². The van der Waals surface area contributed by atoms with E-state index in [1.54, 1.807) is 0 Å². The Morgan fingerprint density at radius 3 is 2.76 bits per heavy atom. The van der Waals surface area contributed by atoms with Crippen molar-refractivity contribution in [2.24, 2.45) is 5.92 Å². The normalized spacial score (nSPS) is 34.1. The van der Waals surface area contributed by atoms with Crippen LogP contribution in [0.5, 0.6) is 0 Å². The SMILES string of the molecule is C[C@H](c1ccccc1)N1[C@@H]2CC[C@@H](C2)[C@H]1CS. The molecule has 1 saturated heterocycles. The van der Waals surface area contributed by atoms with Gasteiger partial charge in [-0.3, -0.25) is 4.90 Å². The molecule has 1 aliphatic carbocycles. The fraction of sp³-hybridized carbons (Fsp3) is 0.600. The molecule has 2 fully saturated rings. The van der Waals surface area contributed by atoms with Gasteiger partial charge in [-0.15, -0.1) is 0 Å². The molecule has 0 radical (unpaired) electrons. The van der Waals surface area contributed by atoms with Gasteiger partial charge in [0, 0.05) is 23.9 Å². The molecule has 1 aliphatic heterocycles. The highest BCUT2D eigenvalue weighted by Gasteiger charge is 2.46. The Labute approximate surface area is 110 Å². The Morgan fingerprint density at radius 1 is 1.29 bits per heavy atom. The molecule has 0 N–H and O–H groups in total. The molecule has 0 spiro atoms. The molecular weight excluding hydrogens is 226 g/mol. The molecular formula is C15H21NS. The van der Waals surface area contributed by atoms with Crippen LogP contribution in [0.4, 0.5) is 0 Å². The van der Waals surface area contributed by atoms with Gasteiger partial charge in [0.05, 0.1) is 0 Å². The average molecular weight is 247 g/mol. The summed E-state index contributed by atoms with van der Waals surface area (Å²) in [6, 6.07) is 13.0. The van der Waals surface area contributed by atoms with E-state index in [1.807, 2.05) is 0 Å². The van der Waals surface area contributed by atoms with E-state index < -0.39 is 0 Å². The van der Waals surface area contributed by atoms with Crippen molar-refractivity contribution < 1.29 is 0 Å². The molecule has 1 saturated carbocycles. The summed E-state index contributed by atoms with van der Waals surface area (Å²) in [5.41, 5.74) is 1.45. The predicted molar refractivity (Wildman–Crippen MR) is 75.5 cm³/mol. The molecule has 1 aromatic rings. The van der Waals surface area contributed by atoms with Crippen LogP contribution in [-0.2, 0) is 0 Å². The number of benzene rings is 1. The van der Waals surface area contributed by atoms with Crippen LogP contribution >= 0.6 is 12.6 Å². The van der Waals surface area contributed by atoms with Gasteiger partial charge in [0.15, 0.2) is 0 Å². The lowest BCUT2D eigenvalue weighted by atomic mass is 9.97. The summed E-state index contributed by atoms with van der Waals surface area (Å²) in [7, 11) is 0. The van der Waals surface area contributed by atoms with Gasteiger partial charge in [0.25, 0.3) is 0 Å². The number of hydrogen-bond donors (Lipinski definition) is 1. The van der Waals surface area contributed by atoms with Crippen molar-refractivity contribution in [3.05, 3.63) is 35.9 Å². The third kappa shape index (κ3) is 1.92. The van der Waals surface area contributed by atoms with Crippen molar-refractivity contribution >= 4 is 12.6 Å². The molecule has 17 heavy (non-hydrogen) atoms. The zero-order chi connectivity index (χ0) is 11.8. The number of piperidine rings is 1. The lowest BCUT2D eigenvalue weighted by molar-refractivity contribution is 0.107. The van der Waals surface area contributed by atoms with Gasteiger partial charge in [-0.25, -0.2) is 0 Å². The molecule has 92 valence electrons. The Morgan fingerprint density at radius 2 is 2.06 bits per heavy atom. The first-order valence-electron chi connectivity index (χ1n) is 6.74. The van der Waals surface area contributed by atoms with Crippen molar-refractivity contribution in [1.29, 1.82) is 0 Å². The van der Waals surface area contributed by atoms with Crippen molar-refractivity contribution in [1.82, 2.24) is 4.90 Å². The quantitative estimate of drug-likeness (QED) is 0.800. The van der Waals surface area contributed by atoms with Gasteiger partial charge in [-0.2, -0.15) is 12.6 Å². The second-order valence-corrected chi connectivity index (χ2v) is 5.88. The van der Waals surface area contributed by atoms with E-state index in [-0.39, 0.29) is 0 Å². The van der Waals surface area contributed by atoms with E-state index >= 15 is 0 Å². The Kier molecular flexibility index (Phi) is 3.18. The van der Waals surface area contributed by atoms with Crippen LogP contribution < -0.4 is 0 Å². The van der Waals surface area contributed by atoms with Gasteiger partial charge in [-0.05, 0) is 37.7 Å². The van der Waals surface area contributed by atoms with E-state index in [1.165, 1.54) is 24.8 Å². The average Bonchev–Trinajstić information content (AvgIpc) is 2.98. The van der Waals surface area contributed by atoms with E-state index in [0.717, 1.165) is 17.7 Å². The highest BCUT2D eigenvalue weighted by atomic mass is 32.1. The number of rotatable bonds is 3. The highest BCUT2D eigenvalue weighted by Crippen LogP contribution is 2.46. The van der Waals surface area contributed by atoms with E-state index in [4.69, 9.17) is 0 Å². The van der Waals surface area contributed by atoms with Gasteiger partial charge < -0.3 is 0 Å². The van der Waals surface area contributed by atoms with Crippen molar-refractivity contribution in [2.45, 2.75) is 44.3 Å². The topological polar surface area (TPSA) is 3.24 Å². The first-order valence-corrected chi connectivity index (χ1v) is 7.37. The van der Waals surface area contributed by atoms with Crippen LogP contribution in [0, 0.1) is 5.92 Å². The zero-order valence-corrected chi connectivity index (χ0v) is 11.3. The first kappa shape index (κ1) is 11.6. The smallest absolute Gasteiger partial charge is 0.0326 e. The number of likely N-dealkylation sites (tertiary alicyclic amines) is 1. The molecule has 1 nitrogen and oxygen atoms in total. The van der Waals surface area contributed by atoms with Crippen LogP contribution in [0.3, 0.4) is 0 Å². The molecule has 1 aromatic carbocycles. The van der Waals surface area contributed by atoms with Crippen LogP contribution in [0.15, 0.2) is 30.3 Å². The van der Waals surface area contributed by atoms with Crippen LogP contribution in [0.1, 0.15) is 37.8 Å². The van der Waals surface area contributed by atoms with Gasteiger partial charge in [0.1, 0.15) is 0 Å². The van der Waals surface area contributed by atoms with Crippen molar-refractivity contribution in [2.75, 3.05) is 5.75 Å². The highest BCUT2D eigenvalue weighted by molar-refractivity contribution is 7.80. The summed E-state index contributed by atoms with van der Waals surface area (Å²) in [6.45, 7) is 2.35. The molecule has 2 heteroatoms. The Balaban J connectivity index is 1.84. The largest absolute Gasteiger partial charge is 0.290 e. The van der Waals surface area contributed by atoms with Gasteiger partial charge in [-0.1, -0.05) is 30.3 Å². The molecule has 3 rings (SSSR count). The fourth-order valence-corrected chi connectivity index (χ4v) is 4.36. The van der Waals surface area contributed by atoms with E-state index in [2.05, 4.69) is 54.8 Å². The molecule has 0 amide bonds. The zero-order valence-electron chi connectivity index (χ0n) is 10.4. The predicted octanol–water partition coefficient (Wildman–Crippen LogP) is 3.53. The third-order valence-electron chi connectivity index (χ3n) is 4.71. The van der Waals surface area contributed by atoms with Crippen LogP contribution in [-0.4, -0.2) is 22.7 Å². The lowest BCUT2D eigenvalue weighted by Crippen LogP contribution is -2.43. The number of thiol groups is 1. The minimum Gasteiger partial charge on any atom is -0.290 e. The second-order valence-electron chi connectivity index (χ2n) is 5.51. The molecule has 2 aliphatic rings. The monoisotopic (exact) mass is 247 g/mol. The summed E-state index contributed by atoms with van der Waals surface area (Å²) in [6.07, 6.45) is 4.22. The minimum absolute atomic E-state index is 0.545. The molecule has 2 bridgehead atoms. The maximum Gasteiger partial charge on any atom is 0.0326 e. The summed E-state index contributed by atoms with van der Waals surface area (Å²) in [4.78, 5) is 2.73. The first-order chi connectivity index (χ1) is 8.31. The van der Waals surface area contributed by atoms with Crippen LogP contribution in [0.25, 0.3) is 0 Å². The third-order valence-corrected chi connectivity index (χ3v) is 5.08. The Bertz CT molecular complexity index is 378. The van der Waals surface area contributed by atoms with Crippen molar-refractivity contribution in [3.63, 3.8) is 0 Å². The number of nitrogens with zero attached hydrogens (tertiary/aromatic N) is 1. The summed E-state index contributed by atoms with van der Waals surface area (Å²) < 4.78 is 0. The Hall–Kier alpha value is -0.470. The molecule has 0 aromatic heterocycles. The summed E-state index contributed by atoms with van der Waals surface area (Å²) in [5.74, 6) is 1.92. The second kappa shape index (κ2) is 4.66. The molecule has 4 atom stereocenters. The van der Waals surface area contributed by atoms with E-state index in [0.29, 0.717) is 12.1 Å². The maximum absolute atomic E-state index is 4.57. The lowest BCUT2D eigenvalue weighted by Gasteiger charge is -2.39. The number of hydrogen-bond acceptors (Lipinski definition) is 2. The number of fused-ring (bicyclic) bond motifs is 2. The summed E-state index contributed by atoms with van der Waals surface area (Å²) >= 11 is 4.57. The van der Waals surface area contributed by atoms with Gasteiger partial charge >= 0.3 is 0 Å². The standard InChI is InChI=1S/C15H21NS/c1-11(12-5-3-2-4-6-12)16-14-8-7-13(9-14)15(16)10-17/h2-6,11,13-15,17H,7-10H2,1H3/t11-,13+,14-,15-/m1/s1.